The van der Waals surface area contributed by atoms with Gasteiger partial charge in [0.05, 0.1) is 25.0 Å². The number of nitrogens with zero attached hydrogens (tertiary/aromatic N) is 6. The summed E-state index contributed by atoms with van der Waals surface area (Å²) in [6.45, 7) is 14.6. The molecule has 2 aliphatic heterocycles. The molecule has 46 heavy (non-hydrogen) atoms. The van der Waals surface area contributed by atoms with E-state index in [0.717, 1.165) is 50.3 Å². The lowest BCUT2D eigenvalue weighted by Gasteiger charge is -2.33. The largest absolute Gasteiger partial charge is 0.490 e. The van der Waals surface area contributed by atoms with Crippen molar-refractivity contribution in [1.82, 2.24) is 25.4 Å². The maximum absolute atomic E-state index is 14.8. The summed E-state index contributed by atoms with van der Waals surface area (Å²) in [7, 11) is 0. The quantitative estimate of drug-likeness (QED) is 0.279. The molecule has 5 rings (SSSR count). The third-order valence-corrected chi connectivity index (χ3v) is 8.68. The Morgan fingerprint density at radius 2 is 1.80 bits per heavy atom. The lowest BCUT2D eigenvalue weighted by Crippen LogP contribution is -2.43. The molecule has 0 unspecified atom stereocenters. The Bertz CT molecular complexity index is 1450. The van der Waals surface area contributed by atoms with Gasteiger partial charge in [0.25, 0.3) is 0 Å². The molecule has 2 aliphatic rings. The minimum atomic E-state index is -0.704. The SMILES string of the molecule is CC(C)c1noc(N2CCC([C@H](C)CCOc3cnc(N4C[C@@H](NC(=O)OC(C)(C)C)[C@H](c5cc(F)ccc5F)C4)nc3)CC2)n1. The van der Waals surface area contributed by atoms with Crippen molar-refractivity contribution in [2.45, 2.75) is 84.3 Å². The molecule has 0 radical (unpaired) electrons. The first-order chi connectivity index (χ1) is 21.9. The van der Waals surface area contributed by atoms with Crippen LogP contribution in [0, 0.1) is 23.5 Å². The van der Waals surface area contributed by atoms with E-state index >= 15 is 0 Å². The van der Waals surface area contributed by atoms with Crippen molar-refractivity contribution in [2.75, 3.05) is 42.6 Å². The van der Waals surface area contributed by atoms with Crippen molar-refractivity contribution in [1.29, 1.82) is 0 Å². The standard InChI is InChI=1S/C33H45F2N7O4/c1-20(2)29-39-31(46-40-29)41-12-9-22(10-13-41)21(3)11-14-44-24-16-36-30(37-17-24)42-18-26(25-15-23(34)7-8-27(25)35)28(19-42)38-32(43)45-33(4,5)6/h7-8,15-17,20-22,26,28H,9-14,18-19H2,1-6H3,(H,38,43)/t21-,26+,28-/m1/s1. The molecule has 0 spiro atoms. The summed E-state index contributed by atoms with van der Waals surface area (Å²) < 4.78 is 45.8. The molecule has 2 fully saturated rings. The number of anilines is 2. The Labute approximate surface area is 269 Å². The normalized spacial score (nSPS) is 19.8. The van der Waals surface area contributed by atoms with Crippen molar-refractivity contribution in [2.24, 2.45) is 11.8 Å². The van der Waals surface area contributed by atoms with Gasteiger partial charge in [0.2, 0.25) is 5.95 Å². The topological polar surface area (TPSA) is 119 Å². The molecule has 3 atom stereocenters. The lowest BCUT2D eigenvalue weighted by atomic mass is 9.84. The Kier molecular flexibility index (Phi) is 10.3. The summed E-state index contributed by atoms with van der Waals surface area (Å²) in [5.41, 5.74) is -0.525. The van der Waals surface area contributed by atoms with Crippen LogP contribution < -0.4 is 19.9 Å². The molecule has 1 N–H and O–H groups in total. The monoisotopic (exact) mass is 641 g/mol. The van der Waals surface area contributed by atoms with Crippen LogP contribution >= 0.6 is 0 Å². The van der Waals surface area contributed by atoms with E-state index in [0.29, 0.717) is 42.7 Å². The Morgan fingerprint density at radius 1 is 1.09 bits per heavy atom. The van der Waals surface area contributed by atoms with Gasteiger partial charge in [-0.05, 0) is 75.6 Å². The fourth-order valence-electron chi connectivity index (χ4n) is 6.08. The lowest BCUT2D eigenvalue weighted by molar-refractivity contribution is 0.0504. The second-order valence-electron chi connectivity index (χ2n) is 13.7. The molecule has 11 nitrogen and oxygen atoms in total. The van der Waals surface area contributed by atoms with Crippen molar-refractivity contribution in [3.05, 3.63) is 53.6 Å². The number of aromatic nitrogens is 4. The fraction of sp³-hybridized carbons (Fsp3) is 0.606. The van der Waals surface area contributed by atoms with Gasteiger partial charge in [-0.2, -0.15) is 4.98 Å². The second-order valence-corrected chi connectivity index (χ2v) is 13.7. The average molecular weight is 642 g/mol. The molecule has 1 aromatic carbocycles. The van der Waals surface area contributed by atoms with Gasteiger partial charge in [0.15, 0.2) is 11.6 Å². The summed E-state index contributed by atoms with van der Waals surface area (Å²) >= 11 is 0. The van der Waals surface area contributed by atoms with E-state index < -0.39 is 35.3 Å². The minimum Gasteiger partial charge on any atom is -0.490 e. The molecule has 0 saturated carbocycles. The summed E-state index contributed by atoms with van der Waals surface area (Å²) in [4.78, 5) is 30.1. The van der Waals surface area contributed by atoms with Gasteiger partial charge in [0, 0.05) is 38.0 Å². The summed E-state index contributed by atoms with van der Waals surface area (Å²) in [5.74, 6) is 1.37. The van der Waals surface area contributed by atoms with Gasteiger partial charge < -0.3 is 29.1 Å². The van der Waals surface area contributed by atoms with Crippen LogP contribution in [-0.4, -0.2) is 70.6 Å². The molecule has 13 heteroatoms. The van der Waals surface area contributed by atoms with E-state index in [1.54, 1.807) is 33.2 Å². The van der Waals surface area contributed by atoms with Gasteiger partial charge in [-0.25, -0.2) is 23.5 Å². The van der Waals surface area contributed by atoms with E-state index in [2.05, 4.69) is 51.1 Å². The third kappa shape index (κ3) is 8.41. The van der Waals surface area contributed by atoms with Crippen LogP contribution in [0.2, 0.25) is 0 Å². The van der Waals surface area contributed by atoms with Crippen LogP contribution in [0.4, 0.5) is 25.5 Å². The zero-order valence-corrected chi connectivity index (χ0v) is 27.5. The highest BCUT2D eigenvalue weighted by Crippen LogP contribution is 2.33. The van der Waals surface area contributed by atoms with Gasteiger partial charge in [-0.15, -0.1) is 0 Å². The Balaban J connectivity index is 1.13. The molecule has 4 heterocycles. The van der Waals surface area contributed by atoms with Gasteiger partial charge in [-0.3, -0.25) is 0 Å². The van der Waals surface area contributed by atoms with Crippen LogP contribution in [0.25, 0.3) is 0 Å². The third-order valence-electron chi connectivity index (χ3n) is 8.68. The first-order valence-corrected chi connectivity index (χ1v) is 16.1. The molecule has 2 aromatic heterocycles. The van der Waals surface area contributed by atoms with Gasteiger partial charge >= 0.3 is 12.1 Å². The van der Waals surface area contributed by atoms with Crippen LogP contribution in [0.1, 0.15) is 84.0 Å². The smallest absolute Gasteiger partial charge is 0.407 e. The predicted molar refractivity (Wildman–Crippen MR) is 169 cm³/mol. The highest BCUT2D eigenvalue weighted by atomic mass is 19.1. The zero-order chi connectivity index (χ0) is 33.0. The number of alkyl carbamates (subject to hydrolysis) is 1. The maximum Gasteiger partial charge on any atom is 0.407 e. The molecule has 1 amide bonds. The van der Waals surface area contributed by atoms with E-state index in [1.807, 2.05) is 4.90 Å². The van der Waals surface area contributed by atoms with Gasteiger partial charge in [-0.1, -0.05) is 25.9 Å². The highest BCUT2D eigenvalue weighted by Gasteiger charge is 2.38. The number of hydrogen-bond acceptors (Lipinski definition) is 10. The molecule has 0 aliphatic carbocycles. The summed E-state index contributed by atoms with van der Waals surface area (Å²) in [6.07, 6.45) is 5.62. The van der Waals surface area contributed by atoms with E-state index in [1.165, 1.54) is 6.07 Å². The molecular formula is C33H45F2N7O4. The number of benzene rings is 1. The first-order valence-electron chi connectivity index (χ1n) is 16.1. The number of halogens is 2. The number of ether oxygens (including phenoxy) is 2. The summed E-state index contributed by atoms with van der Waals surface area (Å²) in [5, 5.41) is 6.92. The van der Waals surface area contributed by atoms with Crippen LogP contribution in [-0.2, 0) is 4.74 Å². The van der Waals surface area contributed by atoms with Crippen LogP contribution in [0.3, 0.4) is 0 Å². The zero-order valence-electron chi connectivity index (χ0n) is 27.5. The number of carbonyl (C=O) groups is 1. The number of carbonyl (C=O) groups excluding carboxylic acids is 1. The number of nitrogens with one attached hydrogen (secondary N) is 1. The summed E-state index contributed by atoms with van der Waals surface area (Å²) in [6, 6.07) is 3.41. The molecule has 2 saturated heterocycles. The Morgan fingerprint density at radius 3 is 2.46 bits per heavy atom. The number of hydrogen-bond donors (Lipinski definition) is 1. The number of rotatable bonds is 10. The van der Waals surface area contributed by atoms with Crippen LogP contribution in [0.15, 0.2) is 35.1 Å². The van der Waals surface area contributed by atoms with Crippen molar-refractivity contribution in [3.8, 4) is 5.75 Å². The molecule has 250 valence electrons. The van der Waals surface area contributed by atoms with E-state index in [-0.39, 0.29) is 18.0 Å². The van der Waals surface area contributed by atoms with E-state index in [9.17, 15) is 13.6 Å². The first kappa shape index (κ1) is 33.3. The molecule has 0 bridgehead atoms. The molecular weight excluding hydrogens is 596 g/mol. The highest BCUT2D eigenvalue weighted by molar-refractivity contribution is 5.68. The van der Waals surface area contributed by atoms with Crippen molar-refractivity contribution in [3.63, 3.8) is 0 Å². The minimum absolute atomic E-state index is 0.179. The van der Waals surface area contributed by atoms with E-state index in [4.69, 9.17) is 14.0 Å². The van der Waals surface area contributed by atoms with Crippen LogP contribution in [0.5, 0.6) is 5.75 Å². The second kappa shape index (κ2) is 14.2. The van der Waals surface area contributed by atoms with Crippen molar-refractivity contribution < 1.29 is 27.6 Å². The number of amides is 1. The maximum atomic E-state index is 14.8. The Hall–Kier alpha value is -4.03. The number of piperidine rings is 1. The van der Waals surface area contributed by atoms with Gasteiger partial charge in [0.1, 0.15) is 17.2 Å². The average Bonchev–Trinajstić information content (AvgIpc) is 3.66. The fourth-order valence-corrected chi connectivity index (χ4v) is 6.08. The predicted octanol–water partition coefficient (Wildman–Crippen LogP) is 6.08. The molecule has 3 aromatic rings. The van der Waals surface area contributed by atoms with Crippen molar-refractivity contribution >= 4 is 18.1 Å².